The highest BCUT2D eigenvalue weighted by Gasteiger charge is 2.23. The number of nitrogens with zero attached hydrogens (tertiary/aromatic N) is 1. The first-order valence-electron chi connectivity index (χ1n) is 7.47. The van der Waals surface area contributed by atoms with Crippen molar-refractivity contribution in [2.24, 2.45) is 0 Å². The number of ether oxygens (including phenoxy) is 1. The Labute approximate surface area is 125 Å². The van der Waals surface area contributed by atoms with Gasteiger partial charge in [0.1, 0.15) is 0 Å². The predicted molar refractivity (Wildman–Crippen MR) is 81.2 cm³/mol. The van der Waals surface area contributed by atoms with Crippen LogP contribution >= 0.6 is 0 Å². The van der Waals surface area contributed by atoms with Gasteiger partial charge in [0, 0.05) is 18.7 Å². The first-order valence-corrected chi connectivity index (χ1v) is 7.47. The third-order valence-corrected chi connectivity index (χ3v) is 3.50. The summed E-state index contributed by atoms with van der Waals surface area (Å²) < 4.78 is 4.85. The maximum Gasteiger partial charge on any atom is 0.305 e. The molecule has 0 atom stereocenters. The van der Waals surface area contributed by atoms with Crippen molar-refractivity contribution in [3.63, 3.8) is 0 Å². The van der Waals surface area contributed by atoms with E-state index >= 15 is 0 Å². The summed E-state index contributed by atoms with van der Waals surface area (Å²) in [5, 5.41) is 3.09. The molecule has 5 nitrogen and oxygen atoms in total. The van der Waals surface area contributed by atoms with Gasteiger partial charge in [-0.3, -0.25) is 9.59 Å². The third-order valence-electron chi connectivity index (χ3n) is 3.50. The van der Waals surface area contributed by atoms with E-state index in [9.17, 15) is 9.59 Å². The first-order chi connectivity index (χ1) is 10.2. The summed E-state index contributed by atoms with van der Waals surface area (Å²) in [5.41, 5.74) is 2.25. The Bertz CT molecular complexity index is 502. The number of hydrogen-bond acceptors (Lipinski definition) is 4. The molecule has 1 aliphatic heterocycles. The van der Waals surface area contributed by atoms with Crippen LogP contribution in [-0.2, 0) is 20.7 Å². The Morgan fingerprint density at radius 1 is 1.33 bits per heavy atom. The molecule has 1 N–H and O–H groups in total. The molecule has 5 heteroatoms. The molecule has 114 valence electrons. The van der Waals surface area contributed by atoms with Crippen LogP contribution in [0.4, 0.5) is 5.69 Å². The van der Waals surface area contributed by atoms with Crippen LogP contribution in [0.25, 0.3) is 0 Å². The molecule has 1 amide bonds. The number of para-hydroxylation sites is 1. The topological polar surface area (TPSA) is 58.6 Å². The minimum absolute atomic E-state index is 0.0797. The van der Waals surface area contributed by atoms with Crippen molar-refractivity contribution in [1.82, 2.24) is 5.32 Å². The summed E-state index contributed by atoms with van der Waals surface area (Å²) in [5.74, 6) is -0.102. The van der Waals surface area contributed by atoms with Crippen LogP contribution in [0.5, 0.6) is 0 Å². The number of amides is 1. The van der Waals surface area contributed by atoms with Gasteiger partial charge in [0.15, 0.2) is 0 Å². The van der Waals surface area contributed by atoms with Crippen molar-refractivity contribution in [3.8, 4) is 0 Å². The molecule has 0 saturated heterocycles. The number of hydrogen-bond donors (Lipinski definition) is 1. The van der Waals surface area contributed by atoms with E-state index in [0.29, 0.717) is 32.5 Å². The van der Waals surface area contributed by atoms with E-state index in [-0.39, 0.29) is 11.9 Å². The van der Waals surface area contributed by atoms with Crippen LogP contribution < -0.4 is 10.2 Å². The maximum atomic E-state index is 12.2. The standard InChI is InChI=1S/C16H22N2O3/c1-2-21-16(20)8-5-10-17-12-15(19)18-11-9-13-6-3-4-7-14(13)18/h3-4,6-7,17H,2,5,8-12H2,1H3. The Morgan fingerprint density at radius 3 is 2.95 bits per heavy atom. The van der Waals surface area contributed by atoms with Crippen LogP contribution in [-0.4, -0.2) is 38.1 Å². The Morgan fingerprint density at radius 2 is 2.14 bits per heavy atom. The highest BCUT2D eigenvalue weighted by atomic mass is 16.5. The lowest BCUT2D eigenvalue weighted by molar-refractivity contribution is -0.143. The van der Waals surface area contributed by atoms with Crippen molar-refractivity contribution in [1.29, 1.82) is 0 Å². The zero-order chi connectivity index (χ0) is 15.1. The minimum Gasteiger partial charge on any atom is -0.466 e. The third kappa shape index (κ3) is 4.29. The number of nitrogens with one attached hydrogen (secondary N) is 1. The van der Waals surface area contributed by atoms with Crippen LogP contribution in [0.2, 0.25) is 0 Å². The maximum absolute atomic E-state index is 12.2. The van der Waals surface area contributed by atoms with Gasteiger partial charge >= 0.3 is 5.97 Å². The molecular formula is C16H22N2O3. The smallest absolute Gasteiger partial charge is 0.305 e. The molecule has 1 aromatic rings. The van der Waals surface area contributed by atoms with Gasteiger partial charge in [0.05, 0.1) is 13.2 Å². The summed E-state index contributed by atoms with van der Waals surface area (Å²) >= 11 is 0. The molecule has 2 rings (SSSR count). The average Bonchev–Trinajstić information content (AvgIpc) is 2.91. The summed E-state index contributed by atoms with van der Waals surface area (Å²) in [6.45, 7) is 3.90. The van der Waals surface area contributed by atoms with Gasteiger partial charge in [-0.15, -0.1) is 0 Å². The zero-order valence-electron chi connectivity index (χ0n) is 12.4. The van der Waals surface area contributed by atoms with Gasteiger partial charge in [-0.25, -0.2) is 0 Å². The van der Waals surface area contributed by atoms with Gasteiger partial charge in [0.25, 0.3) is 0 Å². The quantitative estimate of drug-likeness (QED) is 0.611. The number of carbonyl (C=O) groups is 2. The molecule has 0 saturated carbocycles. The highest BCUT2D eigenvalue weighted by Crippen LogP contribution is 2.27. The molecule has 0 fully saturated rings. The van der Waals surface area contributed by atoms with Crippen LogP contribution in [0.1, 0.15) is 25.3 Å². The van der Waals surface area contributed by atoms with E-state index in [1.807, 2.05) is 23.1 Å². The van der Waals surface area contributed by atoms with Gasteiger partial charge in [-0.1, -0.05) is 18.2 Å². The van der Waals surface area contributed by atoms with Gasteiger partial charge in [-0.05, 0) is 37.9 Å². The van der Waals surface area contributed by atoms with Crippen molar-refractivity contribution in [2.45, 2.75) is 26.2 Å². The van der Waals surface area contributed by atoms with Gasteiger partial charge in [-0.2, -0.15) is 0 Å². The van der Waals surface area contributed by atoms with Crippen molar-refractivity contribution in [2.75, 3.05) is 31.1 Å². The number of anilines is 1. The van der Waals surface area contributed by atoms with Crippen LogP contribution in [0, 0.1) is 0 Å². The molecule has 1 aromatic carbocycles. The molecule has 0 bridgehead atoms. The Balaban J connectivity index is 1.68. The molecule has 0 radical (unpaired) electrons. The average molecular weight is 290 g/mol. The zero-order valence-corrected chi connectivity index (χ0v) is 12.4. The largest absolute Gasteiger partial charge is 0.466 e. The minimum atomic E-state index is -0.181. The Kier molecular flexibility index (Phi) is 5.75. The summed E-state index contributed by atoms with van der Waals surface area (Å²) in [7, 11) is 0. The van der Waals surface area contributed by atoms with Gasteiger partial charge < -0.3 is 15.0 Å². The monoisotopic (exact) mass is 290 g/mol. The molecule has 0 spiro atoms. The second-order valence-corrected chi connectivity index (χ2v) is 5.01. The SMILES string of the molecule is CCOC(=O)CCCNCC(=O)N1CCc2ccccc21. The second kappa shape index (κ2) is 7.78. The van der Waals surface area contributed by atoms with E-state index < -0.39 is 0 Å². The number of esters is 1. The van der Waals surface area contributed by atoms with Crippen molar-refractivity contribution < 1.29 is 14.3 Å². The number of carbonyl (C=O) groups excluding carboxylic acids is 2. The van der Waals surface area contributed by atoms with Crippen LogP contribution in [0.3, 0.4) is 0 Å². The van der Waals surface area contributed by atoms with Crippen molar-refractivity contribution >= 4 is 17.6 Å². The molecular weight excluding hydrogens is 268 g/mol. The molecule has 1 aliphatic rings. The summed E-state index contributed by atoms with van der Waals surface area (Å²) in [6, 6.07) is 8.01. The molecule has 0 aromatic heterocycles. The number of rotatable bonds is 7. The second-order valence-electron chi connectivity index (χ2n) is 5.01. The lowest BCUT2D eigenvalue weighted by Gasteiger charge is -2.17. The molecule has 0 unspecified atom stereocenters. The number of benzene rings is 1. The lowest BCUT2D eigenvalue weighted by Crippen LogP contribution is -2.37. The normalized spacial score (nSPS) is 13.1. The molecule has 0 aliphatic carbocycles. The summed E-state index contributed by atoms with van der Waals surface area (Å²) in [4.78, 5) is 25.2. The van der Waals surface area contributed by atoms with E-state index in [1.54, 1.807) is 6.92 Å². The van der Waals surface area contributed by atoms with Gasteiger partial charge in [0.2, 0.25) is 5.91 Å². The van der Waals surface area contributed by atoms with Crippen LogP contribution in [0.15, 0.2) is 24.3 Å². The fraction of sp³-hybridized carbons (Fsp3) is 0.500. The van der Waals surface area contributed by atoms with E-state index in [1.165, 1.54) is 5.56 Å². The fourth-order valence-electron chi connectivity index (χ4n) is 2.48. The first kappa shape index (κ1) is 15.5. The molecule has 1 heterocycles. The number of fused-ring (bicyclic) bond motifs is 1. The van der Waals surface area contributed by atoms with E-state index in [4.69, 9.17) is 4.74 Å². The molecule has 21 heavy (non-hydrogen) atoms. The predicted octanol–water partition coefficient (Wildman–Crippen LogP) is 1.51. The summed E-state index contributed by atoms with van der Waals surface area (Å²) in [6.07, 6.45) is 2.00. The van der Waals surface area contributed by atoms with Crippen molar-refractivity contribution in [3.05, 3.63) is 29.8 Å². The highest BCUT2D eigenvalue weighted by molar-refractivity contribution is 5.96. The Hall–Kier alpha value is -1.88. The lowest BCUT2D eigenvalue weighted by atomic mass is 10.2. The fourth-order valence-corrected chi connectivity index (χ4v) is 2.48. The van der Waals surface area contributed by atoms with E-state index in [0.717, 1.165) is 18.7 Å². The van der Waals surface area contributed by atoms with E-state index in [2.05, 4.69) is 11.4 Å².